The molecule has 1 amide bonds. The van der Waals surface area contributed by atoms with Crippen LogP contribution in [0.1, 0.15) is 38.3 Å². The van der Waals surface area contributed by atoms with Crippen molar-refractivity contribution in [2.75, 3.05) is 18.8 Å². The van der Waals surface area contributed by atoms with Crippen molar-refractivity contribution >= 4 is 15.9 Å². The zero-order valence-corrected chi connectivity index (χ0v) is 15.9. The molecule has 1 aromatic carbocycles. The van der Waals surface area contributed by atoms with Gasteiger partial charge in [-0.3, -0.25) is 4.79 Å². The van der Waals surface area contributed by atoms with Crippen molar-refractivity contribution in [2.24, 2.45) is 5.92 Å². The number of amides is 1. The molecule has 1 N–H and O–H groups in total. The number of halogens is 3. The van der Waals surface area contributed by atoms with Gasteiger partial charge in [0.2, 0.25) is 15.9 Å². The number of ether oxygens (including phenoxy) is 1. The quantitative estimate of drug-likeness (QED) is 0.786. The van der Waals surface area contributed by atoms with Crippen LogP contribution in [0.15, 0.2) is 24.3 Å². The van der Waals surface area contributed by atoms with E-state index < -0.39 is 34.1 Å². The summed E-state index contributed by atoms with van der Waals surface area (Å²) in [6.07, 6.45) is -3.24. The lowest BCUT2D eigenvalue weighted by Gasteiger charge is -2.29. The molecule has 1 aliphatic rings. The molecule has 1 fully saturated rings. The van der Waals surface area contributed by atoms with Crippen molar-refractivity contribution < 1.29 is 31.1 Å². The minimum absolute atomic E-state index is 0.369. The van der Waals surface area contributed by atoms with Crippen LogP contribution in [0.5, 0.6) is 5.75 Å². The summed E-state index contributed by atoms with van der Waals surface area (Å²) < 4.78 is 66.3. The summed E-state index contributed by atoms with van der Waals surface area (Å²) in [5.41, 5.74) is 0.530. The summed E-state index contributed by atoms with van der Waals surface area (Å²) in [6.45, 7) is 4.50. The number of carbonyl (C=O) groups is 1. The summed E-state index contributed by atoms with van der Waals surface area (Å²) in [4.78, 5) is 12.1. The molecule has 152 valence electrons. The summed E-state index contributed by atoms with van der Waals surface area (Å²) in [7, 11) is -3.68. The molecule has 1 aromatic rings. The molecule has 0 unspecified atom stereocenters. The monoisotopic (exact) mass is 408 g/mol. The lowest BCUT2D eigenvalue weighted by Crippen LogP contribution is -2.43. The zero-order valence-electron chi connectivity index (χ0n) is 15.1. The number of piperidine rings is 1. The first kappa shape index (κ1) is 21.5. The zero-order chi connectivity index (χ0) is 20.2. The Bertz CT molecular complexity index is 742. The molecule has 10 heteroatoms. The minimum Gasteiger partial charge on any atom is -0.406 e. The van der Waals surface area contributed by atoms with E-state index in [4.69, 9.17) is 0 Å². The maximum absolute atomic E-state index is 12.3. The summed E-state index contributed by atoms with van der Waals surface area (Å²) in [6, 6.07) is 4.47. The third-order valence-corrected chi connectivity index (χ3v) is 6.22. The van der Waals surface area contributed by atoms with Gasteiger partial charge in [0.1, 0.15) is 11.5 Å². The summed E-state index contributed by atoms with van der Waals surface area (Å²) in [5, 5.41) is 2.56. The number of hydrogen-bond acceptors (Lipinski definition) is 4. The lowest BCUT2D eigenvalue weighted by molar-refractivity contribution is -0.274. The number of alkyl halides is 3. The van der Waals surface area contributed by atoms with Crippen LogP contribution < -0.4 is 10.1 Å². The van der Waals surface area contributed by atoms with Gasteiger partial charge in [-0.25, -0.2) is 12.7 Å². The van der Waals surface area contributed by atoms with Crippen molar-refractivity contribution in [1.82, 2.24) is 9.62 Å². The van der Waals surface area contributed by atoms with Crippen LogP contribution in [-0.2, 0) is 14.8 Å². The molecule has 27 heavy (non-hydrogen) atoms. The van der Waals surface area contributed by atoms with E-state index in [2.05, 4.69) is 17.0 Å². The van der Waals surface area contributed by atoms with Gasteiger partial charge in [0.25, 0.3) is 0 Å². The van der Waals surface area contributed by atoms with Gasteiger partial charge in [0.15, 0.2) is 0 Å². The first-order chi connectivity index (χ1) is 12.5. The second-order valence-electron chi connectivity index (χ2n) is 6.74. The van der Waals surface area contributed by atoms with Gasteiger partial charge in [0.05, 0.1) is 6.04 Å². The second-order valence-corrected chi connectivity index (χ2v) is 8.71. The van der Waals surface area contributed by atoms with Crippen molar-refractivity contribution in [3.05, 3.63) is 29.8 Å². The van der Waals surface area contributed by atoms with Crippen LogP contribution in [0.25, 0.3) is 0 Å². The fraction of sp³-hybridized carbons (Fsp3) is 0.588. The Balaban J connectivity index is 1.91. The lowest BCUT2D eigenvalue weighted by atomic mass is 10.0. The largest absolute Gasteiger partial charge is 0.573 e. The fourth-order valence-corrected chi connectivity index (χ4v) is 4.21. The first-order valence-corrected chi connectivity index (χ1v) is 10.2. The Kier molecular flexibility index (Phi) is 6.74. The Morgan fingerprint density at radius 2 is 1.81 bits per heavy atom. The van der Waals surface area contributed by atoms with Crippen molar-refractivity contribution in [2.45, 2.75) is 39.1 Å². The minimum atomic E-state index is -4.78. The number of carbonyl (C=O) groups excluding carboxylic acids is 1. The standard InChI is InChI=1S/C17H23F3N2O4S/c1-12-7-9-22(10-8-12)27(24,25)11-16(23)21-13(2)14-3-5-15(6-4-14)26-17(18,19)20/h3-6,12-13H,7-11H2,1-2H3,(H,21,23)/t13-/m1/s1. The Hall–Kier alpha value is -1.81. The van der Waals surface area contributed by atoms with Crippen molar-refractivity contribution in [1.29, 1.82) is 0 Å². The van der Waals surface area contributed by atoms with Crippen LogP contribution in [0.2, 0.25) is 0 Å². The van der Waals surface area contributed by atoms with E-state index in [0.29, 0.717) is 24.6 Å². The molecule has 2 rings (SSSR count). The molecular formula is C17H23F3N2O4S. The first-order valence-electron chi connectivity index (χ1n) is 8.59. The van der Waals surface area contributed by atoms with Gasteiger partial charge >= 0.3 is 6.36 Å². The van der Waals surface area contributed by atoms with Gasteiger partial charge in [-0.2, -0.15) is 0 Å². The molecule has 1 heterocycles. The predicted octanol–water partition coefficient (Wildman–Crippen LogP) is 2.82. The molecule has 6 nitrogen and oxygen atoms in total. The van der Waals surface area contributed by atoms with Crippen molar-refractivity contribution in [3.63, 3.8) is 0 Å². The van der Waals surface area contributed by atoms with E-state index in [1.165, 1.54) is 16.4 Å². The number of rotatable bonds is 6. The van der Waals surface area contributed by atoms with E-state index in [9.17, 15) is 26.4 Å². The van der Waals surface area contributed by atoms with Crippen LogP contribution in [-0.4, -0.2) is 43.8 Å². The molecule has 1 saturated heterocycles. The van der Waals surface area contributed by atoms with Gasteiger partial charge < -0.3 is 10.1 Å². The maximum atomic E-state index is 12.3. The second kappa shape index (κ2) is 8.47. The summed E-state index contributed by atoms with van der Waals surface area (Å²) in [5.74, 6) is -1.21. The Morgan fingerprint density at radius 3 is 2.33 bits per heavy atom. The average molecular weight is 408 g/mol. The highest BCUT2D eigenvalue weighted by molar-refractivity contribution is 7.89. The number of benzene rings is 1. The number of sulfonamides is 1. The predicted molar refractivity (Wildman–Crippen MR) is 93.4 cm³/mol. The highest BCUT2D eigenvalue weighted by Gasteiger charge is 2.31. The molecular weight excluding hydrogens is 385 g/mol. The van der Waals surface area contributed by atoms with E-state index in [1.54, 1.807) is 6.92 Å². The van der Waals surface area contributed by atoms with E-state index in [0.717, 1.165) is 25.0 Å². The van der Waals surface area contributed by atoms with Crippen LogP contribution in [0.4, 0.5) is 13.2 Å². The maximum Gasteiger partial charge on any atom is 0.573 e. The topological polar surface area (TPSA) is 75.7 Å². The van der Waals surface area contributed by atoms with Gasteiger partial charge in [-0.15, -0.1) is 13.2 Å². The Labute approximate surface area is 156 Å². The van der Waals surface area contributed by atoms with Gasteiger partial charge in [0, 0.05) is 13.1 Å². The molecule has 0 aliphatic carbocycles. The number of nitrogens with zero attached hydrogens (tertiary/aromatic N) is 1. The van der Waals surface area contributed by atoms with Crippen molar-refractivity contribution in [3.8, 4) is 5.75 Å². The fourth-order valence-electron chi connectivity index (χ4n) is 2.84. The normalized spacial score (nSPS) is 18.1. The molecule has 1 atom stereocenters. The van der Waals surface area contributed by atoms with Gasteiger partial charge in [-0.1, -0.05) is 19.1 Å². The van der Waals surface area contributed by atoms with Crippen LogP contribution in [0.3, 0.4) is 0 Å². The smallest absolute Gasteiger partial charge is 0.406 e. The third kappa shape index (κ3) is 6.69. The molecule has 0 aromatic heterocycles. The highest BCUT2D eigenvalue weighted by atomic mass is 32.2. The third-order valence-electron chi connectivity index (χ3n) is 4.44. The molecule has 0 saturated carbocycles. The molecule has 0 bridgehead atoms. The summed E-state index contributed by atoms with van der Waals surface area (Å²) >= 11 is 0. The van der Waals surface area contributed by atoms with E-state index >= 15 is 0 Å². The van der Waals surface area contributed by atoms with E-state index in [-0.39, 0.29) is 5.75 Å². The van der Waals surface area contributed by atoms with Crippen LogP contribution >= 0.6 is 0 Å². The highest BCUT2D eigenvalue weighted by Crippen LogP contribution is 2.24. The van der Waals surface area contributed by atoms with Crippen LogP contribution in [0, 0.1) is 5.92 Å². The van der Waals surface area contributed by atoms with Gasteiger partial charge in [-0.05, 0) is 43.4 Å². The average Bonchev–Trinajstić information content (AvgIpc) is 2.53. The molecule has 0 radical (unpaired) electrons. The molecule has 1 aliphatic heterocycles. The number of nitrogens with one attached hydrogen (secondary N) is 1. The molecule has 0 spiro atoms. The Morgan fingerprint density at radius 1 is 1.26 bits per heavy atom. The SMILES string of the molecule is CC1CCN(S(=O)(=O)CC(=O)N[C@H](C)c2ccc(OC(F)(F)F)cc2)CC1. The number of hydrogen-bond donors (Lipinski definition) is 1. The van der Waals surface area contributed by atoms with E-state index in [1.807, 2.05) is 0 Å².